The van der Waals surface area contributed by atoms with Gasteiger partial charge in [0.25, 0.3) is 0 Å². The first-order valence-corrected chi connectivity index (χ1v) is 26.9. The number of aryl methyl sites for hydroxylation is 1. The van der Waals surface area contributed by atoms with Gasteiger partial charge in [-0.15, -0.1) is 5.10 Å². The molecule has 0 aliphatic carbocycles. The Morgan fingerprint density at radius 3 is 2.30 bits per heavy atom. The molecule has 3 aliphatic rings. The summed E-state index contributed by atoms with van der Waals surface area (Å²) in [5.74, 6) is -2.26. The second-order valence-corrected chi connectivity index (χ2v) is 23.2. The van der Waals surface area contributed by atoms with Crippen LogP contribution in [0.5, 0.6) is 5.75 Å². The number of halogens is 3. The Balaban J connectivity index is 1.34. The van der Waals surface area contributed by atoms with Crippen LogP contribution < -0.4 is 4.74 Å². The van der Waals surface area contributed by atoms with Crippen LogP contribution in [0, 0.1) is 17.8 Å². The molecule has 0 bridgehead atoms. The Kier molecular flexibility index (Phi) is 22.1. The van der Waals surface area contributed by atoms with Gasteiger partial charge in [-0.1, -0.05) is 26.0 Å². The van der Waals surface area contributed by atoms with Gasteiger partial charge in [-0.3, -0.25) is 9.48 Å². The summed E-state index contributed by atoms with van der Waals surface area (Å²) in [7, 11) is 5.25. The number of benzene rings is 1. The lowest BCUT2D eigenvalue weighted by atomic mass is 9.77. The van der Waals surface area contributed by atoms with E-state index in [9.17, 15) is 43.5 Å². The van der Waals surface area contributed by atoms with Gasteiger partial charge in [-0.2, -0.15) is 13.2 Å². The fourth-order valence-electron chi connectivity index (χ4n) is 11.1. The van der Waals surface area contributed by atoms with Crippen molar-refractivity contribution in [2.24, 2.45) is 17.8 Å². The fraction of sp³-hybridized carbons (Fsp3) is 0.827. The molecule has 18 nitrogen and oxygen atoms in total. The van der Waals surface area contributed by atoms with Gasteiger partial charge in [0.1, 0.15) is 35.8 Å². The Morgan fingerprint density at radius 2 is 1.66 bits per heavy atom. The Bertz CT molecular complexity index is 2040. The number of alkyl halides is 3. The minimum atomic E-state index is -4.36. The predicted molar refractivity (Wildman–Crippen MR) is 270 cm³/mol. The van der Waals surface area contributed by atoms with E-state index in [1.165, 1.54) is 38.3 Å². The minimum Gasteiger partial charge on any atom is -0.494 e. The highest BCUT2D eigenvalue weighted by Crippen LogP contribution is 2.40. The number of hydrogen-bond donors (Lipinski definition) is 5. The summed E-state index contributed by atoms with van der Waals surface area (Å²) in [6.07, 6.45) is -5.41. The van der Waals surface area contributed by atoms with Crippen molar-refractivity contribution in [3.05, 3.63) is 36.2 Å². The van der Waals surface area contributed by atoms with Gasteiger partial charge < -0.3 is 68.5 Å². The Hall–Kier alpha value is -2.71. The van der Waals surface area contributed by atoms with Crippen LogP contribution in [-0.4, -0.2) is 199 Å². The van der Waals surface area contributed by atoms with Crippen molar-refractivity contribution in [1.82, 2.24) is 24.8 Å². The number of hydrogen-bond acceptors (Lipinski definition) is 18. The summed E-state index contributed by atoms with van der Waals surface area (Å²) in [4.78, 5) is 18.5. The van der Waals surface area contributed by atoms with Crippen molar-refractivity contribution in [3.63, 3.8) is 0 Å². The highest BCUT2D eigenvalue weighted by molar-refractivity contribution is 8.00. The summed E-state index contributed by atoms with van der Waals surface area (Å²) < 4.78 is 83.6. The third-order valence-electron chi connectivity index (χ3n) is 15.5. The summed E-state index contributed by atoms with van der Waals surface area (Å²) in [5, 5.41) is 68.1. The number of aliphatic hydroxyl groups is 5. The van der Waals surface area contributed by atoms with Crippen molar-refractivity contribution < 1.29 is 76.7 Å². The molecule has 0 saturated carbocycles. The third kappa shape index (κ3) is 16.2. The highest BCUT2D eigenvalue weighted by atomic mass is 32.2. The normalized spacial score (nSPS) is 38.6. The van der Waals surface area contributed by atoms with Gasteiger partial charge in [0.05, 0.1) is 66.5 Å². The van der Waals surface area contributed by atoms with Crippen LogP contribution in [0.15, 0.2) is 35.4 Å². The number of nitrogens with zero attached hydrogens (tertiary/aromatic N) is 5. The lowest BCUT2D eigenvalue weighted by molar-refractivity contribution is -0.301. The van der Waals surface area contributed by atoms with Crippen LogP contribution in [0.4, 0.5) is 13.2 Å². The van der Waals surface area contributed by atoms with E-state index in [0.29, 0.717) is 51.3 Å². The molecular weight excluding hydrogens is 992 g/mol. The zero-order valence-electron chi connectivity index (χ0n) is 45.6. The van der Waals surface area contributed by atoms with Crippen molar-refractivity contribution >= 4 is 17.7 Å². The largest absolute Gasteiger partial charge is 0.494 e. The molecule has 2 aromatic rings. The average Bonchev–Trinajstić information content (AvgIpc) is 3.79. The van der Waals surface area contributed by atoms with E-state index in [1.54, 1.807) is 46.2 Å². The third-order valence-corrected chi connectivity index (χ3v) is 16.3. The maximum Gasteiger partial charge on any atom is 0.446 e. The number of cyclic esters (lactones) is 1. The van der Waals surface area contributed by atoms with E-state index in [1.807, 2.05) is 50.9 Å². The average molecular weight is 1080 g/mol. The second-order valence-electron chi connectivity index (χ2n) is 22.0. The molecule has 3 fully saturated rings. The van der Waals surface area contributed by atoms with E-state index in [4.69, 9.17) is 33.2 Å². The number of ether oxygens (including phenoxy) is 7. The number of methoxy groups -OCH3 is 1. The van der Waals surface area contributed by atoms with Gasteiger partial charge in [-0.05, 0) is 124 Å². The molecule has 5 rings (SSSR count). The first kappa shape index (κ1) is 62.1. The van der Waals surface area contributed by atoms with Crippen molar-refractivity contribution in [1.29, 1.82) is 0 Å². The van der Waals surface area contributed by atoms with Gasteiger partial charge in [0.2, 0.25) is 0 Å². The molecule has 0 unspecified atom stereocenters. The Labute approximate surface area is 439 Å². The summed E-state index contributed by atoms with van der Waals surface area (Å²) in [6, 6.07) is 4.72. The molecule has 22 heteroatoms. The minimum absolute atomic E-state index is 0.0356. The van der Waals surface area contributed by atoms with Crippen LogP contribution in [0.25, 0.3) is 0 Å². The van der Waals surface area contributed by atoms with E-state index < -0.39 is 107 Å². The zero-order valence-corrected chi connectivity index (χ0v) is 46.4. The van der Waals surface area contributed by atoms with Crippen LogP contribution in [-0.2, 0) is 46.2 Å². The predicted octanol–water partition coefficient (Wildman–Crippen LogP) is 5.23. The van der Waals surface area contributed by atoms with Crippen molar-refractivity contribution in [3.8, 4) is 5.75 Å². The van der Waals surface area contributed by atoms with E-state index in [0.717, 1.165) is 5.69 Å². The van der Waals surface area contributed by atoms with E-state index in [2.05, 4.69) is 10.3 Å². The number of carbonyl (C=O) groups excluding carboxylic acids is 1. The number of esters is 1. The van der Waals surface area contributed by atoms with Gasteiger partial charge >= 0.3 is 11.5 Å². The van der Waals surface area contributed by atoms with Crippen LogP contribution >= 0.6 is 11.8 Å². The molecule has 0 radical (unpaired) electrons. The SMILES string of the molecule is CC[C@H]1OC(=O)[C@H](C)[C@@H](OC[C@H]2C[C@@](C)(OC)[C@@H](O)[C@H](C)O2)[C@H](C)[C@@H](O[C@@H]2O[C@H](C)C[C@H](N(C)CCc3cn(CCCOc4ccc(SC(F)(F)F)cc4)nn3)[C@H]2O)[C@](C)(O)C[C@@H](C)CN(C)[C@H](C)[C@@H](O)[C@]1(C)O. The quantitative estimate of drug-likeness (QED) is 0.0778. The molecule has 3 aliphatic heterocycles. The van der Waals surface area contributed by atoms with Gasteiger partial charge in [0, 0.05) is 75.1 Å². The van der Waals surface area contributed by atoms with E-state index in [-0.39, 0.29) is 54.5 Å². The molecule has 0 spiro atoms. The van der Waals surface area contributed by atoms with Crippen molar-refractivity contribution in [2.45, 2.75) is 215 Å². The lowest BCUT2D eigenvalue weighted by Gasteiger charge is -2.48. The molecule has 3 saturated heterocycles. The van der Waals surface area contributed by atoms with E-state index >= 15 is 0 Å². The molecule has 0 amide bonds. The number of rotatable bonds is 17. The van der Waals surface area contributed by atoms with Crippen molar-refractivity contribution in [2.75, 3.05) is 47.5 Å². The lowest BCUT2D eigenvalue weighted by Crippen LogP contribution is -2.60. The maximum absolute atomic E-state index is 14.4. The first-order valence-electron chi connectivity index (χ1n) is 26.1. The maximum atomic E-state index is 14.4. The highest BCUT2D eigenvalue weighted by Gasteiger charge is 2.52. The molecule has 1 aromatic heterocycles. The van der Waals surface area contributed by atoms with Gasteiger partial charge in [0.15, 0.2) is 6.29 Å². The summed E-state index contributed by atoms with van der Waals surface area (Å²) in [5.41, 5.74) is -8.06. The monoisotopic (exact) mass is 1080 g/mol. The van der Waals surface area contributed by atoms with Gasteiger partial charge in [-0.25, -0.2) is 0 Å². The molecule has 5 N–H and O–H groups in total. The van der Waals surface area contributed by atoms with Crippen LogP contribution in [0.2, 0.25) is 0 Å². The Morgan fingerprint density at radius 1 is 0.986 bits per heavy atom. The second kappa shape index (κ2) is 26.3. The summed E-state index contributed by atoms with van der Waals surface area (Å²) in [6.45, 7) is 19.3. The molecule has 424 valence electrons. The summed E-state index contributed by atoms with van der Waals surface area (Å²) >= 11 is -0.178. The smallest absolute Gasteiger partial charge is 0.446 e. The number of aromatic nitrogens is 3. The molecule has 18 atom stereocenters. The fourth-order valence-corrected chi connectivity index (χ4v) is 11.7. The first-order chi connectivity index (χ1) is 34.5. The number of likely N-dealkylation sites (N-methyl/N-ethyl adjacent to an activating group) is 2. The number of thioether (sulfide) groups is 1. The zero-order chi connectivity index (χ0) is 55.1. The molecule has 74 heavy (non-hydrogen) atoms. The molecule has 1 aromatic carbocycles. The van der Waals surface area contributed by atoms with Crippen LogP contribution in [0.3, 0.4) is 0 Å². The molecule has 4 heterocycles. The van der Waals surface area contributed by atoms with Crippen LogP contribution in [0.1, 0.15) is 107 Å². The topological polar surface area (TPSA) is 220 Å². The number of aliphatic hydroxyl groups excluding tert-OH is 3. The number of carbonyl (C=O) groups is 1. The molecular formula is C52H86F3N5O13S. The standard InChI is InChI=1S/C52H86F3N5O13S/c1-14-41-51(10,66)44(62)34(6)59(12)27-30(2)25-49(8,65)46(32(4)43(33(5)47(64)72-41)69-29-38-26-50(9,67-13)45(63)35(7)71-38)73-48-42(61)40(24-31(3)70-48)58(11)22-20-36-28-60(57-56-36)21-15-23-68-37-16-18-39(19-17-37)74-52(53,54)55/h16-19,28,30-35,38,40-46,48,61-63,65-66H,14-15,20-27,29H2,1-13H3/t30-,31-,32+,33-,34-,35+,38-,40+,41-,42-,43+,44-,45+,46-,48+,49-,50-,51-/m1/s1.